The fraction of sp³-hybridized carbons (Fsp3) is 0.909. The summed E-state index contributed by atoms with van der Waals surface area (Å²) < 4.78 is 0. The number of hydrogen-bond acceptors (Lipinski definition) is 3. The smallest absolute Gasteiger partial charge is 0.246 e. The number of nitrogens with zero attached hydrogens (tertiary/aromatic N) is 1. The summed E-state index contributed by atoms with van der Waals surface area (Å²) in [5.74, 6) is 0.0323. The average Bonchev–Trinajstić information content (AvgIpc) is 2.29. The van der Waals surface area contributed by atoms with Crippen LogP contribution in [0, 0.1) is 5.41 Å². The van der Waals surface area contributed by atoms with Crippen molar-refractivity contribution >= 4 is 5.91 Å². The summed E-state index contributed by atoms with van der Waals surface area (Å²) in [5.41, 5.74) is 5.85. The number of hydrogen-bond donors (Lipinski definition) is 1. The van der Waals surface area contributed by atoms with Crippen molar-refractivity contribution in [2.24, 2.45) is 11.1 Å². The molecule has 0 aromatic rings. The largest absolute Gasteiger partial charge is 0.330 e. The average molecular weight is 214 g/mol. The second kappa shape index (κ2) is 5.47. The Hall–Kier alpha value is -0.610. The fourth-order valence-corrected chi connectivity index (χ4v) is 2.29. The molecule has 2 N–H and O–H groups in total. The first-order valence-corrected chi connectivity index (χ1v) is 5.64. The molecule has 1 aliphatic carbocycles. The number of hydroxylamine groups is 2. The zero-order valence-corrected chi connectivity index (χ0v) is 9.79. The van der Waals surface area contributed by atoms with E-state index in [4.69, 9.17) is 10.6 Å². The highest BCUT2D eigenvalue weighted by Crippen LogP contribution is 2.38. The van der Waals surface area contributed by atoms with Crippen LogP contribution >= 0.6 is 0 Å². The first-order chi connectivity index (χ1) is 7.13. The Kier molecular flexibility index (Phi) is 4.54. The lowest BCUT2D eigenvalue weighted by Crippen LogP contribution is -2.39. The van der Waals surface area contributed by atoms with Crippen LogP contribution in [0.25, 0.3) is 0 Å². The molecule has 0 aromatic heterocycles. The zero-order chi connectivity index (χ0) is 11.3. The van der Waals surface area contributed by atoms with Crippen LogP contribution in [0.3, 0.4) is 0 Å². The number of nitrogens with two attached hydrogens (primary N) is 1. The molecule has 1 amide bonds. The topological polar surface area (TPSA) is 55.6 Å². The van der Waals surface area contributed by atoms with E-state index in [1.807, 2.05) is 0 Å². The molecule has 0 aromatic carbocycles. The molecule has 0 saturated heterocycles. The molecule has 0 spiro atoms. The van der Waals surface area contributed by atoms with Crippen molar-refractivity contribution in [3.05, 3.63) is 0 Å². The molecule has 0 atom stereocenters. The SMILES string of the molecule is CON(C)C(=O)CC1(CN)CCCCC1. The predicted octanol–water partition coefficient (Wildman–Crippen LogP) is 1.31. The summed E-state index contributed by atoms with van der Waals surface area (Å²) in [6, 6.07) is 0. The maximum atomic E-state index is 11.8. The van der Waals surface area contributed by atoms with Gasteiger partial charge in [0.05, 0.1) is 7.11 Å². The van der Waals surface area contributed by atoms with Gasteiger partial charge in [-0.2, -0.15) is 0 Å². The van der Waals surface area contributed by atoms with Crippen molar-refractivity contribution in [3.63, 3.8) is 0 Å². The lowest BCUT2D eigenvalue weighted by Gasteiger charge is -2.36. The van der Waals surface area contributed by atoms with Crippen LogP contribution in [0.5, 0.6) is 0 Å². The van der Waals surface area contributed by atoms with Crippen LogP contribution in [0.2, 0.25) is 0 Å². The Balaban J connectivity index is 2.55. The van der Waals surface area contributed by atoms with Crippen molar-refractivity contribution in [1.29, 1.82) is 0 Å². The molecule has 15 heavy (non-hydrogen) atoms. The van der Waals surface area contributed by atoms with E-state index in [9.17, 15) is 4.79 Å². The molecular formula is C11H22N2O2. The van der Waals surface area contributed by atoms with Gasteiger partial charge in [0.25, 0.3) is 0 Å². The van der Waals surface area contributed by atoms with E-state index in [0.717, 1.165) is 12.8 Å². The first kappa shape index (κ1) is 12.5. The van der Waals surface area contributed by atoms with Gasteiger partial charge in [-0.05, 0) is 24.8 Å². The van der Waals surface area contributed by atoms with Crippen LogP contribution in [0.15, 0.2) is 0 Å². The standard InChI is InChI=1S/C11H22N2O2/c1-13(15-2)10(14)8-11(9-12)6-4-3-5-7-11/h3-9,12H2,1-2H3. The van der Waals surface area contributed by atoms with Gasteiger partial charge in [0.15, 0.2) is 0 Å². The molecule has 0 heterocycles. The van der Waals surface area contributed by atoms with E-state index in [2.05, 4.69) is 0 Å². The Morgan fingerprint density at radius 3 is 2.47 bits per heavy atom. The summed E-state index contributed by atoms with van der Waals surface area (Å²) in [4.78, 5) is 16.6. The number of carbonyl (C=O) groups excluding carboxylic acids is 1. The molecule has 1 aliphatic rings. The summed E-state index contributed by atoms with van der Waals surface area (Å²) in [7, 11) is 3.16. The molecular weight excluding hydrogens is 192 g/mol. The minimum absolute atomic E-state index is 0.0299. The normalized spacial score (nSPS) is 19.9. The Labute approximate surface area is 91.7 Å². The van der Waals surface area contributed by atoms with E-state index in [1.165, 1.54) is 31.4 Å². The van der Waals surface area contributed by atoms with Crippen molar-refractivity contribution in [2.75, 3.05) is 20.7 Å². The first-order valence-electron chi connectivity index (χ1n) is 5.64. The van der Waals surface area contributed by atoms with Crippen LogP contribution in [-0.4, -0.2) is 31.7 Å². The van der Waals surface area contributed by atoms with Crippen LogP contribution in [0.1, 0.15) is 38.5 Å². The number of amides is 1. The highest BCUT2D eigenvalue weighted by Gasteiger charge is 2.33. The second-order valence-corrected chi connectivity index (χ2v) is 4.52. The summed E-state index contributed by atoms with van der Waals surface area (Å²) >= 11 is 0. The van der Waals surface area contributed by atoms with Gasteiger partial charge in [-0.15, -0.1) is 0 Å². The third-order valence-corrected chi connectivity index (χ3v) is 3.50. The fourth-order valence-electron chi connectivity index (χ4n) is 2.29. The van der Waals surface area contributed by atoms with Crippen molar-refractivity contribution in [1.82, 2.24) is 5.06 Å². The molecule has 1 rings (SSSR count). The molecule has 1 fully saturated rings. The Morgan fingerprint density at radius 2 is 2.00 bits per heavy atom. The maximum absolute atomic E-state index is 11.8. The third-order valence-electron chi connectivity index (χ3n) is 3.50. The van der Waals surface area contributed by atoms with E-state index in [1.54, 1.807) is 7.05 Å². The highest BCUT2D eigenvalue weighted by molar-refractivity contribution is 5.75. The Morgan fingerprint density at radius 1 is 1.40 bits per heavy atom. The summed E-state index contributed by atoms with van der Waals surface area (Å²) in [6.45, 7) is 0.607. The van der Waals surface area contributed by atoms with Crippen LogP contribution < -0.4 is 5.73 Å². The lowest BCUT2D eigenvalue weighted by molar-refractivity contribution is -0.171. The van der Waals surface area contributed by atoms with E-state index in [0.29, 0.717) is 13.0 Å². The van der Waals surface area contributed by atoms with Gasteiger partial charge in [0.2, 0.25) is 5.91 Å². The number of rotatable bonds is 4. The third kappa shape index (κ3) is 3.18. The van der Waals surface area contributed by atoms with Crippen molar-refractivity contribution in [3.8, 4) is 0 Å². The molecule has 4 heteroatoms. The molecule has 1 saturated carbocycles. The highest BCUT2D eigenvalue weighted by atomic mass is 16.7. The minimum Gasteiger partial charge on any atom is -0.330 e. The van der Waals surface area contributed by atoms with Gasteiger partial charge in [-0.1, -0.05) is 19.3 Å². The van der Waals surface area contributed by atoms with E-state index >= 15 is 0 Å². The zero-order valence-electron chi connectivity index (χ0n) is 9.79. The van der Waals surface area contributed by atoms with Gasteiger partial charge < -0.3 is 5.73 Å². The van der Waals surface area contributed by atoms with Crippen LogP contribution in [-0.2, 0) is 9.63 Å². The van der Waals surface area contributed by atoms with Crippen LogP contribution in [0.4, 0.5) is 0 Å². The van der Waals surface area contributed by atoms with Gasteiger partial charge in [-0.3, -0.25) is 9.63 Å². The number of carbonyl (C=O) groups is 1. The lowest BCUT2D eigenvalue weighted by atomic mass is 9.71. The van der Waals surface area contributed by atoms with Gasteiger partial charge >= 0.3 is 0 Å². The van der Waals surface area contributed by atoms with Gasteiger partial charge in [-0.25, -0.2) is 5.06 Å². The van der Waals surface area contributed by atoms with E-state index < -0.39 is 0 Å². The predicted molar refractivity (Wildman–Crippen MR) is 59.0 cm³/mol. The molecule has 0 bridgehead atoms. The Bertz CT molecular complexity index is 213. The summed E-state index contributed by atoms with van der Waals surface area (Å²) in [6.07, 6.45) is 6.34. The van der Waals surface area contributed by atoms with Crippen molar-refractivity contribution in [2.45, 2.75) is 38.5 Å². The molecule has 0 aliphatic heterocycles. The molecule has 0 radical (unpaired) electrons. The molecule has 0 unspecified atom stereocenters. The monoisotopic (exact) mass is 214 g/mol. The van der Waals surface area contributed by atoms with E-state index in [-0.39, 0.29) is 11.3 Å². The molecule has 88 valence electrons. The van der Waals surface area contributed by atoms with Crippen molar-refractivity contribution < 1.29 is 9.63 Å². The maximum Gasteiger partial charge on any atom is 0.246 e. The molecule has 4 nitrogen and oxygen atoms in total. The van der Waals surface area contributed by atoms with Gasteiger partial charge in [0.1, 0.15) is 0 Å². The minimum atomic E-state index is 0.0299. The quantitative estimate of drug-likeness (QED) is 0.718. The summed E-state index contributed by atoms with van der Waals surface area (Å²) in [5, 5.41) is 1.30. The van der Waals surface area contributed by atoms with Gasteiger partial charge in [0, 0.05) is 13.5 Å². The second-order valence-electron chi connectivity index (χ2n) is 4.52.